The van der Waals surface area contributed by atoms with E-state index in [9.17, 15) is 24.5 Å². The van der Waals surface area contributed by atoms with Crippen molar-refractivity contribution >= 4 is 23.5 Å². The zero-order chi connectivity index (χ0) is 19.6. The van der Waals surface area contributed by atoms with E-state index in [4.69, 9.17) is 4.74 Å². The molecule has 8 heteroatoms. The number of esters is 1. The fourth-order valence-electron chi connectivity index (χ4n) is 2.95. The summed E-state index contributed by atoms with van der Waals surface area (Å²) < 4.78 is 5.14. The SMILES string of the molecule is Cc1c(C(=O)OCCCN2C(=O)c3ccccc3C2=O)cccc1[N+](=O)[O-]. The molecule has 0 spiro atoms. The minimum atomic E-state index is -0.682. The Kier molecular flexibility index (Phi) is 4.98. The fraction of sp³-hybridized carbons (Fsp3) is 0.211. The smallest absolute Gasteiger partial charge is 0.338 e. The van der Waals surface area contributed by atoms with Crippen molar-refractivity contribution in [2.24, 2.45) is 0 Å². The van der Waals surface area contributed by atoms with Crippen LogP contribution in [-0.4, -0.2) is 40.8 Å². The zero-order valence-electron chi connectivity index (χ0n) is 14.5. The first-order valence-electron chi connectivity index (χ1n) is 8.28. The van der Waals surface area contributed by atoms with E-state index in [1.54, 1.807) is 24.3 Å². The number of rotatable bonds is 6. The molecule has 0 radical (unpaired) electrons. The molecule has 0 unspecified atom stereocenters. The maximum atomic E-state index is 12.2. The summed E-state index contributed by atoms with van der Waals surface area (Å²) in [5.41, 5.74) is 0.923. The van der Waals surface area contributed by atoms with Gasteiger partial charge in [-0.1, -0.05) is 18.2 Å². The first kappa shape index (κ1) is 18.2. The van der Waals surface area contributed by atoms with Crippen LogP contribution in [0.5, 0.6) is 0 Å². The summed E-state index contributed by atoms with van der Waals surface area (Å²) in [7, 11) is 0. The van der Waals surface area contributed by atoms with E-state index in [0.29, 0.717) is 11.1 Å². The van der Waals surface area contributed by atoms with E-state index < -0.39 is 10.9 Å². The number of carbonyl (C=O) groups is 3. The van der Waals surface area contributed by atoms with Gasteiger partial charge in [0.05, 0.1) is 28.2 Å². The molecule has 1 aliphatic rings. The highest BCUT2D eigenvalue weighted by Gasteiger charge is 2.34. The van der Waals surface area contributed by atoms with Crippen molar-refractivity contribution in [3.8, 4) is 0 Å². The molecule has 0 aromatic heterocycles. The van der Waals surface area contributed by atoms with Crippen LogP contribution in [0.1, 0.15) is 43.1 Å². The number of amides is 2. The molecule has 1 heterocycles. The number of nitrogens with zero attached hydrogens (tertiary/aromatic N) is 2. The van der Waals surface area contributed by atoms with Gasteiger partial charge in [-0.25, -0.2) is 4.79 Å². The molecule has 27 heavy (non-hydrogen) atoms. The molecule has 0 bridgehead atoms. The number of nitro groups is 1. The normalized spacial score (nSPS) is 12.9. The van der Waals surface area contributed by atoms with E-state index in [0.717, 1.165) is 4.90 Å². The molecular weight excluding hydrogens is 352 g/mol. The molecule has 0 fully saturated rings. The molecule has 2 aromatic rings. The molecule has 138 valence electrons. The van der Waals surface area contributed by atoms with E-state index in [1.807, 2.05) is 0 Å². The Morgan fingerprint density at radius 2 is 1.70 bits per heavy atom. The van der Waals surface area contributed by atoms with Crippen LogP contribution < -0.4 is 0 Å². The van der Waals surface area contributed by atoms with Gasteiger partial charge >= 0.3 is 5.97 Å². The van der Waals surface area contributed by atoms with Crippen LogP contribution in [0.25, 0.3) is 0 Å². The summed E-state index contributed by atoms with van der Waals surface area (Å²) in [6, 6.07) is 10.8. The molecule has 3 rings (SSSR count). The molecule has 8 nitrogen and oxygen atoms in total. The second-order valence-corrected chi connectivity index (χ2v) is 6.00. The van der Waals surface area contributed by atoms with Crippen LogP contribution in [0.4, 0.5) is 5.69 Å². The summed E-state index contributed by atoms with van der Waals surface area (Å²) in [6.07, 6.45) is 0.269. The Morgan fingerprint density at radius 1 is 1.07 bits per heavy atom. The van der Waals surface area contributed by atoms with Gasteiger partial charge in [0.25, 0.3) is 17.5 Å². The molecule has 0 N–H and O–H groups in total. The summed E-state index contributed by atoms with van der Waals surface area (Å²) in [6.45, 7) is 1.58. The van der Waals surface area contributed by atoms with Crippen molar-refractivity contribution in [1.82, 2.24) is 4.90 Å². The lowest BCUT2D eigenvalue weighted by molar-refractivity contribution is -0.385. The maximum absolute atomic E-state index is 12.2. The number of fused-ring (bicyclic) bond motifs is 1. The number of carbonyl (C=O) groups excluding carboxylic acids is 3. The van der Waals surface area contributed by atoms with Crippen LogP contribution in [0.3, 0.4) is 0 Å². The van der Waals surface area contributed by atoms with E-state index >= 15 is 0 Å². The van der Waals surface area contributed by atoms with E-state index in [-0.39, 0.29) is 48.2 Å². The first-order chi connectivity index (χ1) is 12.9. The molecule has 1 aliphatic heterocycles. The zero-order valence-corrected chi connectivity index (χ0v) is 14.5. The highest BCUT2D eigenvalue weighted by atomic mass is 16.6. The van der Waals surface area contributed by atoms with Crippen LogP contribution in [-0.2, 0) is 4.74 Å². The summed E-state index contributed by atoms with van der Waals surface area (Å²) in [5.74, 6) is -1.41. The highest BCUT2D eigenvalue weighted by Crippen LogP contribution is 2.23. The number of hydrogen-bond acceptors (Lipinski definition) is 6. The Bertz CT molecular complexity index is 918. The van der Waals surface area contributed by atoms with Gasteiger partial charge in [-0.3, -0.25) is 24.6 Å². The van der Waals surface area contributed by atoms with Gasteiger partial charge < -0.3 is 4.74 Å². The molecule has 0 saturated heterocycles. The molecule has 0 atom stereocenters. The summed E-state index contributed by atoms with van der Waals surface area (Å²) >= 11 is 0. The predicted molar refractivity (Wildman–Crippen MR) is 94.5 cm³/mol. The second kappa shape index (κ2) is 7.36. The minimum Gasteiger partial charge on any atom is -0.462 e. The van der Waals surface area contributed by atoms with E-state index in [2.05, 4.69) is 0 Å². The van der Waals surface area contributed by atoms with Crippen molar-refractivity contribution in [3.63, 3.8) is 0 Å². The molecule has 2 amide bonds. The number of imide groups is 1. The van der Waals surface area contributed by atoms with Crippen LogP contribution in [0.15, 0.2) is 42.5 Å². The predicted octanol–water partition coefficient (Wildman–Crippen LogP) is 2.75. The lowest BCUT2D eigenvalue weighted by Crippen LogP contribution is -2.31. The van der Waals surface area contributed by atoms with Gasteiger partial charge in [0.15, 0.2) is 0 Å². The third-order valence-corrected chi connectivity index (χ3v) is 4.36. The number of ether oxygens (including phenoxy) is 1. The molecule has 2 aromatic carbocycles. The summed E-state index contributed by atoms with van der Waals surface area (Å²) in [4.78, 5) is 48.1. The number of benzene rings is 2. The molecule has 0 saturated carbocycles. The van der Waals surface area contributed by atoms with Crippen LogP contribution in [0.2, 0.25) is 0 Å². The highest BCUT2D eigenvalue weighted by molar-refractivity contribution is 6.21. The van der Waals surface area contributed by atoms with Crippen molar-refractivity contribution in [3.05, 3.63) is 74.8 Å². The van der Waals surface area contributed by atoms with Crippen molar-refractivity contribution in [2.45, 2.75) is 13.3 Å². The van der Waals surface area contributed by atoms with Crippen LogP contribution >= 0.6 is 0 Å². The lowest BCUT2D eigenvalue weighted by Gasteiger charge is -2.13. The Hall–Kier alpha value is -3.55. The quantitative estimate of drug-likeness (QED) is 0.255. The number of nitro benzene ring substituents is 1. The third kappa shape index (κ3) is 3.41. The standard InChI is InChI=1S/C19H16N2O6/c1-12-13(8-4-9-16(12)21(25)26)19(24)27-11-5-10-20-17(22)14-6-2-3-7-15(14)18(20)23/h2-4,6-9H,5,10-11H2,1H3. The van der Waals surface area contributed by atoms with Gasteiger partial charge in [0.1, 0.15) is 0 Å². The maximum Gasteiger partial charge on any atom is 0.338 e. The Balaban J connectivity index is 1.57. The Morgan fingerprint density at radius 3 is 2.30 bits per heavy atom. The topological polar surface area (TPSA) is 107 Å². The minimum absolute atomic E-state index is 0.0195. The average molecular weight is 368 g/mol. The average Bonchev–Trinajstić information content (AvgIpc) is 2.90. The van der Waals surface area contributed by atoms with E-state index in [1.165, 1.54) is 25.1 Å². The number of hydrogen-bond donors (Lipinski definition) is 0. The fourth-order valence-corrected chi connectivity index (χ4v) is 2.95. The van der Waals surface area contributed by atoms with Crippen molar-refractivity contribution in [2.75, 3.05) is 13.2 Å². The van der Waals surface area contributed by atoms with Gasteiger partial charge in [-0.15, -0.1) is 0 Å². The van der Waals surface area contributed by atoms with Crippen LogP contribution in [0, 0.1) is 17.0 Å². The molecular formula is C19H16N2O6. The molecule has 0 aliphatic carbocycles. The largest absolute Gasteiger partial charge is 0.462 e. The van der Waals surface area contributed by atoms with Gasteiger partial charge in [0, 0.05) is 18.2 Å². The Labute approximate surface area is 154 Å². The monoisotopic (exact) mass is 368 g/mol. The third-order valence-electron chi connectivity index (χ3n) is 4.36. The van der Waals surface area contributed by atoms with Crippen molar-refractivity contribution < 1.29 is 24.0 Å². The lowest BCUT2D eigenvalue weighted by atomic mass is 10.1. The van der Waals surface area contributed by atoms with Gasteiger partial charge in [-0.2, -0.15) is 0 Å². The van der Waals surface area contributed by atoms with Crippen molar-refractivity contribution in [1.29, 1.82) is 0 Å². The first-order valence-corrected chi connectivity index (χ1v) is 8.28. The summed E-state index contributed by atoms with van der Waals surface area (Å²) in [5, 5.41) is 10.9. The van der Waals surface area contributed by atoms with Gasteiger partial charge in [0.2, 0.25) is 0 Å². The second-order valence-electron chi connectivity index (χ2n) is 6.00. The van der Waals surface area contributed by atoms with Gasteiger partial charge in [-0.05, 0) is 31.5 Å².